The smallest absolute Gasteiger partial charge is 0.244 e. The second-order valence-corrected chi connectivity index (χ2v) is 6.05. The van der Waals surface area contributed by atoms with Crippen LogP contribution in [-0.2, 0) is 4.79 Å². The third-order valence-corrected chi connectivity index (χ3v) is 3.32. The van der Waals surface area contributed by atoms with Crippen molar-refractivity contribution < 1.29 is 14.6 Å². The van der Waals surface area contributed by atoms with Crippen molar-refractivity contribution in [3.8, 4) is 5.75 Å². The molecule has 1 atom stereocenters. The summed E-state index contributed by atoms with van der Waals surface area (Å²) in [4.78, 5) is 12.0. The van der Waals surface area contributed by atoms with Gasteiger partial charge in [-0.3, -0.25) is 4.79 Å². The van der Waals surface area contributed by atoms with Gasteiger partial charge in [0.2, 0.25) is 5.91 Å². The summed E-state index contributed by atoms with van der Waals surface area (Å²) in [6, 6.07) is 7.41. The Hall–Kier alpha value is -1.81. The van der Waals surface area contributed by atoms with Crippen molar-refractivity contribution in [3.05, 3.63) is 35.9 Å². The van der Waals surface area contributed by atoms with E-state index in [-0.39, 0.29) is 24.0 Å². The number of hydrogen-bond donors (Lipinski definition) is 2. The average Bonchev–Trinajstić information content (AvgIpc) is 2.44. The van der Waals surface area contributed by atoms with Gasteiger partial charge in [0.15, 0.2) is 0 Å². The van der Waals surface area contributed by atoms with Gasteiger partial charge in [0.25, 0.3) is 0 Å². The van der Waals surface area contributed by atoms with Gasteiger partial charge in [-0.05, 0) is 35.6 Å². The summed E-state index contributed by atoms with van der Waals surface area (Å²) >= 11 is 0. The normalized spacial score (nSPS) is 13.2. The third-order valence-electron chi connectivity index (χ3n) is 3.32. The fourth-order valence-electron chi connectivity index (χ4n) is 1.96. The highest BCUT2D eigenvalue weighted by molar-refractivity contribution is 5.91. The first-order chi connectivity index (χ1) is 9.86. The topological polar surface area (TPSA) is 58.6 Å². The summed E-state index contributed by atoms with van der Waals surface area (Å²) in [6.07, 6.45) is 3.82. The number of rotatable bonds is 6. The summed E-state index contributed by atoms with van der Waals surface area (Å²) in [5.74, 6) is 0.631. The number of methoxy groups -OCH3 is 1. The molecule has 116 valence electrons. The van der Waals surface area contributed by atoms with Crippen molar-refractivity contribution in [1.29, 1.82) is 0 Å². The molecule has 0 radical (unpaired) electrons. The van der Waals surface area contributed by atoms with Crippen LogP contribution in [0.15, 0.2) is 30.3 Å². The van der Waals surface area contributed by atoms with E-state index in [4.69, 9.17) is 9.84 Å². The quantitative estimate of drug-likeness (QED) is 0.792. The Labute approximate surface area is 126 Å². The largest absolute Gasteiger partial charge is 0.497 e. The van der Waals surface area contributed by atoms with Gasteiger partial charge in [0, 0.05) is 18.7 Å². The first-order valence-corrected chi connectivity index (χ1v) is 7.10. The number of aliphatic hydroxyl groups excluding tert-OH is 1. The number of ether oxygens (including phenoxy) is 1. The van der Waals surface area contributed by atoms with E-state index in [1.165, 1.54) is 6.08 Å². The Morgan fingerprint density at radius 1 is 1.33 bits per heavy atom. The number of carbonyl (C=O) groups is 1. The maximum atomic E-state index is 12.0. The second-order valence-electron chi connectivity index (χ2n) is 6.05. The predicted octanol–water partition coefficient (Wildman–Crippen LogP) is 2.62. The van der Waals surface area contributed by atoms with Crippen LogP contribution in [0.1, 0.15) is 32.8 Å². The lowest BCUT2D eigenvalue weighted by Gasteiger charge is -2.30. The zero-order chi connectivity index (χ0) is 15.9. The summed E-state index contributed by atoms with van der Waals surface area (Å²) in [5.41, 5.74) is 0.840. The number of benzene rings is 1. The molecular weight excluding hydrogens is 266 g/mol. The minimum Gasteiger partial charge on any atom is -0.497 e. The number of aliphatic hydroxyl groups is 1. The number of hydrogen-bond acceptors (Lipinski definition) is 3. The van der Waals surface area contributed by atoms with Gasteiger partial charge in [0.1, 0.15) is 5.75 Å². The van der Waals surface area contributed by atoms with Gasteiger partial charge in [-0.15, -0.1) is 0 Å². The minimum absolute atomic E-state index is 0.0597. The number of nitrogens with one attached hydrogen (secondary N) is 1. The lowest BCUT2D eigenvalue weighted by Crippen LogP contribution is -2.43. The zero-order valence-electron chi connectivity index (χ0n) is 13.2. The van der Waals surface area contributed by atoms with Crippen molar-refractivity contribution in [1.82, 2.24) is 5.32 Å². The van der Waals surface area contributed by atoms with Gasteiger partial charge in [-0.1, -0.05) is 32.9 Å². The van der Waals surface area contributed by atoms with E-state index >= 15 is 0 Å². The van der Waals surface area contributed by atoms with Gasteiger partial charge in [-0.2, -0.15) is 0 Å². The van der Waals surface area contributed by atoms with Crippen LogP contribution in [0.3, 0.4) is 0 Å². The Morgan fingerprint density at radius 3 is 2.43 bits per heavy atom. The molecule has 0 spiro atoms. The fraction of sp³-hybridized carbons (Fsp3) is 0.471. The van der Waals surface area contributed by atoms with E-state index in [9.17, 15) is 4.79 Å². The van der Waals surface area contributed by atoms with Crippen molar-refractivity contribution in [2.45, 2.75) is 33.2 Å². The molecule has 0 saturated heterocycles. The molecule has 4 heteroatoms. The van der Waals surface area contributed by atoms with Gasteiger partial charge < -0.3 is 15.2 Å². The molecule has 0 bridgehead atoms. The molecule has 0 aliphatic heterocycles. The van der Waals surface area contributed by atoms with E-state index in [1.807, 2.05) is 45.0 Å². The Bertz CT molecular complexity index is 472. The molecule has 1 unspecified atom stereocenters. The molecule has 0 heterocycles. The number of carbonyl (C=O) groups excluding carboxylic acids is 1. The summed E-state index contributed by atoms with van der Waals surface area (Å²) in [7, 11) is 1.62. The molecule has 0 fully saturated rings. The fourth-order valence-corrected chi connectivity index (χ4v) is 1.96. The summed E-state index contributed by atoms with van der Waals surface area (Å²) < 4.78 is 5.08. The lowest BCUT2D eigenvalue weighted by atomic mass is 9.85. The van der Waals surface area contributed by atoms with Crippen LogP contribution in [0, 0.1) is 5.41 Å². The molecule has 0 aliphatic carbocycles. The highest BCUT2D eigenvalue weighted by Crippen LogP contribution is 2.21. The molecule has 1 amide bonds. The van der Waals surface area contributed by atoms with Crippen molar-refractivity contribution in [2.24, 2.45) is 5.41 Å². The highest BCUT2D eigenvalue weighted by atomic mass is 16.5. The standard InChI is InChI=1S/C17H25NO3/c1-17(2,3)15(11-12-19)18-16(20)10-7-13-5-8-14(21-4)9-6-13/h5-10,15,19H,11-12H2,1-4H3,(H,18,20)/b10-7+. The molecular formula is C17H25NO3. The SMILES string of the molecule is COc1ccc(/C=C/C(=O)NC(CCO)C(C)(C)C)cc1. The van der Waals surface area contributed by atoms with E-state index in [2.05, 4.69) is 5.32 Å². The average molecular weight is 291 g/mol. The molecule has 1 aromatic carbocycles. The zero-order valence-corrected chi connectivity index (χ0v) is 13.2. The van der Waals surface area contributed by atoms with E-state index in [0.717, 1.165) is 11.3 Å². The van der Waals surface area contributed by atoms with Crippen LogP contribution >= 0.6 is 0 Å². The highest BCUT2D eigenvalue weighted by Gasteiger charge is 2.24. The monoisotopic (exact) mass is 291 g/mol. The maximum absolute atomic E-state index is 12.0. The molecule has 0 aliphatic rings. The van der Waals surface area contributed by atoms with Crippen LogP contribution in [0.2, 0.25) is 0 Å². The Morgan fingerprint density at radius 2 is 1.95 bits per heavy atom. The number of amides is 1. The molecule has 0 aromatic heterocycles. The summed E-state index contributed by atoms with van der Waals surface area (Å²) in [5, 5.41) is 12.0. The predicted molar refractivity (Wildman–Crippen MR) is 85.1 cm³/mol. The Kier molecular flexibility index (Phi) is 6.43. The van der Waals surface area contributed by atoms with Crippen LogP contribution in [0.5, 0.6) is 5.75 Å². The van der Waals surface area contributed by atoms with Gasteiger partial charge >= 0.3 is 0 Å². The van der Waals surface area contributed by atoms with E-state index in [1.54, 1.807) is 13.2 Å². The molecule has 0 saturated carbocycles. The van der Waals surface area contributed by atoms with Crippen LogP contribution in [0.4, 0.5) is 0 Å². The first-order valence-electron chi connectivity index (χ1n) is 7.10. The molecule has 2 N–H and O–H groups in total. The van der Waals surface area contributed by atoms with Crippen LogP contribution < -0.4 is 10.1 Å². The minimum atomic E-state index is -0.154. The summed E-state index contributed by atoms with van der Waals surface area (Å²) in [6.45, 7) is 6.19. The van der Waals surface area contributed by atoms with Gasteiger partial charge in [-0.25, -0.2) is 0 Å². The third kappa shape index (κ3) is 6.00. The molecule has 21 heavy (non-hydrogen) atoms. The van der Waals surface area contributed by atoms with Gasteiger partial charge in [0.05, 0.1) is 7.11 Å². The molecule has 1 rings (SSSR count). The lowest BCUT2D eigenvalue weighted by molar-refractivity contribution is -0.118. The van der Waals surface area contributed by atoms with Crippen molar-refractivity contribution in [2.75, 3.05) is 13.7 Å². The van der Waals surface area contributed by atoms with Crippen LogP contribution in [0.25, 0.3) is 6.08 Å². The second kappa shape index (κ2) is 7.84. The first kappa shape index (κ1) is 17.2. The maximum Gasteiger partial charge on any atom is 0.244 e. The van der Waals surface area contributed by atoms with Crippen molar-refractivity contribution >= 4 is 12.0 Å². The Balaban J connectivity index is 2.64. The molecule has 1 aromatic rings. The molecule has 4 nitrogen and oxygen atoms in total. The van der Waals surface area contributed by atoms with E-state index in [0.29, 0.717) is 6.42 Å². The van der Waals surface area contributed by atoms with E-state index < -0.39 is 0 Å². The van der Waals surface area contributed by atoms with Crippen molar-refractivity contribution in [3.63, 3.8) is 0 Å². The van der Waals surface area contributed by atoms with Crippen LogP contribution in [-0.4, -0.2) is 30.8 Å².